The van der Waals surface area contributed by atoms with Crippen LogP contribution in [0, 0.1) is 12.3 Å². The third-order valence-corrected chi connectivity index (χ3v) is 3.58. The summed E-state index contributed by atoms with van der Waals surface area (Å²) in [6.07, 6.45) is 8.30. The fourth-order valence-electron chi connectivity index (χ4n) is 2.07. The summed E-state index contributed by atoms with van der Waals surface area (Å²) in [5.74, 6) is 3.56. The zero-order valence-corrected chi connectivity index (χ0v) is 11.4. The Hall–Kier alpha value is -1.24. The van der Waals surface area contributed by atoms with Gasteiger partial charge in [0.25, 0.3) is 0 Å². The van der Waals surface area contributed by atoms with E-state index in [0.717, 1.165) is 18.7 Å². The molecule has 0 amide bonds. The third kappa shape index (κ3) is 2.77. The van der Waals surface area contributed by atoms with Crippen molar-refractivity contribution in [2.24, 2.45) is 0 Å². The predicted molar refractivity (Wildman–Crippen MR) is 72.8 cm³/mol. The minimum atomic E-state index is -0.204. The number of rotatable bonds is 4. The summed E-state index contributed by atoms with van der Waals surface area (Å²) < 4.78 is 5.70. The van der Waals surface area contributed by atoms with E-state index in [4.69, 9.17) is 22.8 Å². The van der Waals surface area contributed by atoms with E-state index in [9.17, 15) is 0 Å². The van der Waals surface area contributed by atoms with Gasteiger partial charge in [-0.05, 0) is 32.4 Å². The van der Waals surface area contributed by atoms with Crippen molar-refractivity contribution in [2.75, 3.05) is 13.2 Å². The standard InChI is InChI=1S/C14H17ClN2O/c1-4-14(2,3)17-8-7-11(17)10-18-12-5-6-13(15)16-9-12/h1,5-6,9,11H,7-8,10H2,2-3H3/t11-/m1/s1. The molecule has 1 aromatic heterocycles. The second-order valence-electron chi connectivity index (χ2n) is 4.97. The highest BCUT2D eigenvalue weighted by molar-refractivity contribution is 6.29. The molecule has 3 nitrogen and oxygen atoms in total. The van der Waals surface area contributed by atoms with Gasteiger partial charge in [0.2, 0.25) is 0 Å². The SMILES string of the molecule is C#CC(C)(C)N1CC[C@@H]1COc1ccc(Cl)nc1. The highest BCUT2D eigenvalue weighted by atomic mass is 35.5. The lowest BCUT2D eigenvalue weighted by Crippen LogP contribution is -2.59. The number of ether oxygens (including phenoxy) is 1. The Bertz CT molecular complexity index is 450. The number of hydrogen-bond donors (Lipinski definition) is 0. The Labute approximate surface area is 113 Å². The Morgan fingerprint density at radius 2 is 2.39 bits per heavy atom. The largest absolute Gasteiger partial charge is 0.490 e. The molecule has 1 fully saturated rings. The third-order valence-electron chi connectivity index (χ3n) is 3.36. The van der Waals surface area contributed by atoms with Gasteiger partial charge in [-0.25, -0.2) is 4.98 Å². The molecule has 1 aliphatic heterocycles. The van der Waals surface area contributed by atoms with Gasteiger partial charge in [-0.2, -0.15) is 0 Å². The van der Waals surface area contributed by atoms with E-state index in [2.05, 4.69) is 29.7 Å². The molecule has 1 saturated heterocycles. The first kappa shape index (κ1) is 13.2. The molecule has 96 valence electrons. The molecule has 0 aliphatic carbocycles. The number of pyridine rings is 1. The Morgan fingerprint density at radius 1 is 1.61 bits per heavy atom. The first-order valence-electron chi connectivity index (χ1n) is 6.02. The number of likely N-dealkylation sites (tertiary alicyclic amines) is 1. The van der Waals surface area contributed by atoms with Crippen LogP contribution in [0.5, 0.6) is 5.75 Å². The van der Waals surface area contributed by atoms with E-state index in [-0.39, 0.29) is 5.54 Å². The minimum absolute atomic E-state index is 0.204. The van der Waals surface area contributed by atoms with Crippen molar-refractivity contribution < 1.29 is 4.74 Å². The van der Waals surface area contributed by atoms with Crippen LogP contribution >= 0.6 is 11.6 Å². The fourth-order valence-corrected chi connectivity index (χ4v) is 2.18. The molecule has 0 radical (unpaired) electrons. The Kier molecular flexibility index (Phi) is 3.79. The summed E-state index contributed by atoms with van der Waals surface area (Å²) in [6.45, 7) is 5.78. The van der Waals surface area contributed by atoms with Crippen LogP contribution in [0.1, 0.15) is 20.3 Å². The summed E-state index contributed by atoms with van der Waals surface area (Å²) in [7, 11) is 0. The van der Waals surface area contributed by atoms with Crippen LogP contribution in [0.15, 0.2) is 18.3 Å². The van der Waals surface area contributed by atoms with Gasteiger partial charge in [0, 0.05) is 12.6 Å². The van der Waals surface area contributed by atoms with Crippen molar-refractivity contribution in [2.45, 2.75) is 31.8 Å². The normalized spacial score (nSPS) is 20.0. The van der Waals surface area contributed by atoms with Crippen molar-refractivity contribution in [3.63, 3.8) is 0 Å². The molecule has 0 saturated carbocycles. The maximum atomic E-state index is 5.72. The van der Waals surface area contributed by atoms with Crippen LogP contribution in [-0.4, -0.2) is 34.6 Å². The zero-order chi connectivity index (χ0) is 13.2. The molecular formula is C14H17ClN2O. The second kappa shape index (κ2) is 5.17. The number of terminal acetylenes is 1. The molecule has 1 atom stereocenters. The molecule has 2 rings (SSSR count). The average Bonchev–Trinajstić information content (AvgIpc) is 2.30. The molecule has 2 heterocycles. The van der Waals surface area contributed by atoms with Crippen LogP contribution in [0.3, 0.4) is 0 Å². The van der Waals surface area contributed by atoms with Gasteiger partial charge < -0.3 is 4.74 Å². The van der Waals surface area contributed by atoms with Gasteiger partial charge in [0.05, 0.1) is 11.7 Å². The smallest absolute Gasteiger partial charge is 0.137 e. The van der Waals surface area contributed by atoms with Gasteiger partial charge in [0.1, 0.15) is 17.5 Å². The van der Waals surface area contributed by atoms with Crippen LogP contribution in [0.25, 0.3) is 0 Å². The quantitative estimate of drug-likeness (QED) is 0.617. The molecule has 0 aromatic carbocycles. The van der Waals surface area contributed by atoms with Gasteiger partial charge in [0.15, 0.2) is 0 Å². The number of aromatic nitrogens is 1. The van der Waals surface area contributed by atoms with Crippen LogP contribution < -0.4 is 4.74 Å². The second-order valence-corrected chi connectivity index (χ2v) is 5.35. The summed E-state index contributed by atoms with van der Waals surface area (Å²) in [5.41, 5.74) is -0.204. The van der Waals surface area contributed by atoms with Gasteiger partial charge in [-0.15, -0.1) is 6.42 Å². The van der Waals surface area contributed by atoms with Crippen molar-refractivity contribution in [1.82, 2.24) is 9.88 Å². The van der Waals surface area contributed by atoms with Crippen molar-refractivity contribution in [1.29, 1.82) is 0 Å². The zero-order valence-electron chi connectivity index (χ0n) is 10.7. The predicted octanol–water partition coefficient (Wildman–Crippen LogP) is 2.60. The van der Waals surface area contributed by atoms with E-state index < -0.39 is 0 Å². The lowest BCUT2D eigenvalue weighted by Gasteiger charge is -2.48. The van der Waals surface area contributed by atoms with Gasteiger partial charge in [-0.1, -0.05) is 17.5 Å². The molecule has 18 heavy (non-hydrogen) atoms. The topological polar surface area (TPSA) is 25.4 Å². The van der Waals surface area contributed by atoms with Crippen molar-refractivity contribution >= 4 is 11.6 Å². The van der Waals surface area contributed by atoms with Crippen LogP contribution in [-0.2, 0) is 0 Å². The van der Waals surface area contributed by atoms with Crippen LogP contribution in [0.4, 0.5) is 0 Å². The fraction of sp³-hybridized carbons (Fsp3) is 0.500. The maximum absolute atomic E-state index is 5.72. The Balaban J connectivity index is 1.88. The number of halogens is 1. The molecule has 1 aromatic rings. The molecule has 0 N–H and O–H groups in total. The van der Waals surface area contributed by atoms with E-state index in [0.29, 0.717) is 17.8 Å². The van der Waals surface area contributed by atoms with E-state index in [1.807, 2.05) is 6.07 Å². The van der Waals surface area contributed by atoms with Gasteiger partial charge in [-0.3, -0.25) is 4.90 Å². The first-order valence-corrected chi connectivity index (χ1v) is 6.39. The molecule has 4 heteroatoms. The molecule has 1 aliphatic rings. The summed E-state index contributed by atoms with van der Waals surface area (Å²) >= 11 is 5.72. The highest BCUT2D eigenvalue weighted by Gasteiger charge is 2.38. The van der Waals surface area contributed by atoms with Gasteiger partial charge >= 0.3 is 0 Å². The average molecular weight is 265 g/mol. The molecule has 0 spiro atoms. The van der Waals surface area contributed by atoms with Crippen molar-refractivity contribution in [3.8, 4) is 18.1 Å². The highest BCUT2D eigenvalue weighted by Crippen LogP contribution is 2.27. The number of hydrogen-bond acceptors (Lipinski definition) is 3. The van der Waals surface area contributed by atoms with E-state index in [1.165, 1.54) is 0 Å². The Morgan fingerprint density at radius 3 is 2.89 bits per heavy atom. The lowest BCUT2D eigenvalue weighted by atomic mass is 9.93. The van der Waals surface area contributed by atoms with E-state index >= 15 is 0 Å². The van der Waals surface area contributed by atoms with Crippen molar-refractivity contribution in [3.05, 3.63) is 23.5 Å². The minimum Gasteiger partial charge on any atom is -0.490 e. The summed E-state index contributed by atoms with van der Waals surface area (Å²) in [4.78, 5) is 6.27. The lowest BCUT2D eigenvalue weighted by molar-refractivity contribution is -0.00354. The number of nitrogens with zero attached hydrogens (tertiary/aromatic N) is 2. The maximum Gasteiger partial charge on any atom is 0.137 e. The summed E-state index contributed by atoms with van der Waals surface area (Å²) in [5, 5.41) is 0.473. The molecule has 0 unspecified atom stereocenters. The molecule has 0 bridgehead atoms. The monoisotopic (exact) mass is 264 g/mol. The van der Waals surface area contributed by atoms with Crippen LogP contribution in [0.2, 0.25) is 5.15 Å². The molecular weight excluding hydrogens is 248 g/mol. The summed E-state index contributed by atoms with van der Waals surface area (Å²) in [6, 6.07) is 3.93. The first-order chi connectivity index (χ1) is 8.53. The van der Waals surface area contributed by atoms with E-state index in [1.54, 1.807) is 12.3 Å².